The topological polar surface area (TPSA) is 56.0 Å². The Morgan fingerprint density at radius 3 is 2.60 bits per heavy atom. The Labute approximate surface area is 173 Å². The minimum atomic E-state index is -0.262. The Kier molecular flexibility index (Phi) is 4.78. The van der Waals surface area contributed by atoms with E-state index >= 15 is 0 Å². The van der Waals surface area contributed by atoms with E-state index in [1.54, 1.807) is 24.8 Å². The van der Waals surface area contributed by atoms with Gasteiger partial charge in [0.25, 0.3) is 5.91 Å². The zero-order valence-electron chi connectivity index (χ0n) is 16.5. The van der Waals surface area contributed by atoms with Crippen LogP contribution in [-0.4, -0.2) is 43.2 Å². The number of benzene rings is 2. The average Bonchev–Trinajstić information content (AvgIpc) is 3.44. The predicted octanol–water partition coefficient (Wildman–Crippen LogP) is 3.90. The van der Waals surface area contributed by atoms with Crippen LogP contribution in [0.15, 0.2) is 67.3 Å². The third kappa shape index (κ3) is 3.36. The van der Waals surface area contributed by atoms with Crippen LogP contribution in [0.1, 0.15) is 34.9 Å². The molecule has 1 saturated heterocycles. The fourth-order valence-electron chi connectivity index (χ4n) is 4.26. The highest BCUT2D eigenvalue weighted by molar-refractivity contribution is 5.99. The lowest BCUT2D eigenvalue weighted by molar-refractivity contribution is 0.0680. The smallest absolute Gasteiger partial charge is 0.270 e. The summed E-state index contributed by atoms with van der Waals surface area (Å²) in [7, 11) is 0. The second kappa shape index (κ2) is 7.74. The Morgan fingerprint density at radius 1 is 1.07 bits per heavy atom. The van der Waals surface area contributed by atoms with Gasteiger partial charge in [-0.3, -0.25) is 4.79 Å². The van der Waals surface area contributed by atoms with Gasteiger partial charge in [0.15, 0.2) is 0 Å². The molecule has 5 rings (SSSR count). The highest BCUT2D eigenvalue weighted by Gasteiger charge is 2.27. The zero-order chi connectivity index (χ0) is 20.5. The van der Waals surface area contributed by atoms with Crippen LogP contribution in [0.5, 0.6) is 0 Å². The number of nitrogens with zero attached hydrogens (tertiary/aromatic N) is 5. The summed E-state index contributed by atoms with van der Waals surface area (Å²) in [5.41, 5.74) is 2.10. The number of likely N-dealkylation sites (tertiary alicyclic amines) is 1. The summed E-state index contributed by atoms with van der Waals surface area (Å²) in [5, 5.41) is 5.21. The van der Waals surface area contributed by atoms with Crippen LogP contribution in [0, 0.1) is 5.82 Å². The quantitative estimate of drug-likeness (QED) is 0.519. The lowest BCUT2D eigenvalue weighted by atomic mass is 10.0. The van der Waals surface area contributed by atoms with Crippen LogP contribution < -0.4 is 0 Å². The second-order valence-corrected chi connectivity index (χ2v) is 7.66. The van der Waals surface area contributed by atoms with Gasteiger partial charge in [-0.15, -0.1) is 0 Å². The van der Waals surface area contributed by atoms with Crippen LogP contribution >= 0.6 is 0 Å². The number of rotatable bonds is 4. The summed E-state index contributed by atoms with van der Waals surface area (Å²) < 4.78 is 18.1. The minimum Gasteiger partial charge on any atom is -0.337 e. The van der Waals surface area contributed by atoms with Crippen LogP contribution in [-0.2, 0) is 6.54 Å². The molecule has 2 aromatic carbocycles. The van der Waals surface area contributed by atoms with E-state index in [0.29, 0.717) is 30.9 Å². The Balaban J connectivity index is 1.44. The van der Waals surface area contributed by atoms with E-state index in [2.05, 4.69) is 10.1 Å². The summed E-state index contributed by atoms with van der Waals surface area (Å²) in [6.45, 7) is 1.63. The number of fused-ring (bicyclic) bond motifs is 1. The number of carbonyl (C=O) groups is 1. The maximum atomic E-state index is 14.3. The van der Waals surface area contributed by atoms with Crippen molar-refractivity contribution in [3.63, 3.8) is 0 Å². The number of piperidine rings is 1. The van der Waals surface area contributed by atoms with Crippen LogP contribution in [0.3, 0.4) is 0 Å². The van der Waals surface area contributed by atoms with Gasteiger partial charge in [0.2, 0.25) is 0 Å². The van der Waals surface area contributed by atoms with Gasteiger partial charge >= 0.3 is 0 Å². The van der Waals surface area contributed by atoms with Crippen molar-refractivity contribution < 1.29 is 9.18 Å². The molecule has 3 heterocycles. The Bertz CT molecular complexity index is 1180. The van der Waals surface area contributed by atoms with Crippen molar-refractivity contribution in [2.24, 2.45) is 0 Å². The fourth-order valence-corrected chi connectivity index (χ4v) is 4.26. The fraction of sp³-hybridized carbons (Fsp3) is 0.261. The average molecular weight is 403 g/mol. The molecule has 1 aliphatic rings. The van der Waals surface area contributed by atoms with Crippen molar-refractivity contribution in [3.05, 3.63) is 84.3 Å². The van der Waals surface area contributed by atoms with Crippen LogP contribution in [0.25, 0.3) is 10.9 Å². The molecule has 0 spiro atoms. The molecule has 0 atom stereocenters. The van der Waals surface area contributed by atoms with Crippen LogP contribution in [0.4, 0.5) is 4.39 Å². The molecule has 0 aliphatic carbocycles. The van der Waals surface area contributed by atoms with Gasteiger partial charge in [-0.05, 0) is 31.0 Å². The largest absolute Gasteiger partial charge is 0.337 e. The van der Waals surface area contributed by atoms with Gasteiger partial charge in [-0.1, -0.05) is 36.4 Å². The van der Waals surface area contributed by atoms with E-state index in [0.717, 1.165) is 23.7 Å². The molecule has 0 bridgehead atoms. The summed E-state index contributed by atoms with van der Waals surface area (Å²) in [6.07, 6.45) is 4.94. The van der Waals surface area contributed by atoms with E-state index in [1.807, 2.05) is 50.5 Å². The molecule has 152 valence electrons. The molecule has 2 aromatic heterocycles. The number of amides is 1. The van der Waals surface area contributed by atoms with Crippen molar-refractivity contribution in [3.8, 4) is 0 Å². The van der Waals surface area contributed by atoms with E-state index in [9.17, 15) is 9.18 Å². The molecule has 0 radical (unpaired) electrons. The number of carbonyl (C=O) groups excluding carboxylic acids is 1. The Morgan fingerprint density at radius 2 is 1.83 bits per heavy atom. The van der Waals surface area contributed by atoms with E-state index < -0.39 is 0 Å². The Hall–Kier alpha value is -3.48. The van der Waals surface area contributed by atoms with Crippen molar-refractivity contribution in [2.45, 2.75) is 25.4 Å². The maximum Gasteiger partial charge on any atom is 0.270 e. The molecule has 4 aromatic rings. The third-order valence-electron chi connectivity index (χ3n) is 5.88. The molecule has 0 saturated carbocycles. The summed E-state index contributed by atoms with van der Waals surface area (Å²) in [6, 6.07) is 16.8. The van der Waals surface area contributed by atoms with Crippen molar-refractivity contribution >= 4 is 16.8 Å². The molecule has 0 N–H and O–H groups in total. The first-order valence-corrected chi connectivity index (χ1v) is 10.2. The van der Waals surface area contributed by atoms with Gasteiger partial charge in [0, 0.05) is 29.6 Å². The molecule has 1 amide bonds. The second-order valence-electron chi connectivity index (χ2n) is 7.66. The molecular formula is C23H22FN5O. The number of hydrogen-bond donors (Lipinski definition) is 0. The first-order chi connectivity index (χ1) is 14.7. The monoisotopic (exact) mass is 403 g/mol. The lowest BCUT2D eigenvalue weighted by Gasteiger charge is -2.32. The van der Waals surface area contributed by atoms with Crippen LogP contribution in [0.2, 0.25) is 0 Å². The number of aromatic nitrogens is 4. The van der Waals surface area contributed by atoms with E-state index in [4.69, 9.17) is 0 Å². The molecule has 1 aliphatic heterocycles. The molecule has 1 fully saturated rings. The first-order valence-electron chi connectivity index (χ1n) is 10.2. The minimum absolute atomic E-state index is 0.0143. The summed E-state index contributed by atoms with van der Waals surface area (Å²) in [5.74, 6) is -0.276. The van der Waals surface area contributed by atoms with E-state index in [1.165, 1.54) is 6.07 Å². The molecule has 6 nitrogen and oxygen atoms in total. The summed E-state index contributed by atoms with van der Waals surface area (Å²) in [4.78, 5) is 19.3. The molecule has 0 unspecified atom stereocenters. The number of hydrogen-bond acceptors (Lipinski definition) is 3. The predicted molar refractivity (Wildman–Crippen MR) is 112 cm³/mol. The van der Waals surface area contributed by atoms with Gasteiger partial charge in [-0.25, -0.2) is 14.1 Å². The molecule has 7 heteroatoms. The summed E-state index contributed by atoms with van der Waals surface area (Å²) >= 11 is 0. The number of halogens is 1. The SMILES string of the molecule is O=C(c1cc2ccccc2n1Cc1ccccc1F)N1CCC(n2cncn2)CC1. The van der Waals surface area contributed by atoms with Gasteiger partial charge in [0.1, 0.15) is 24.2 Å². The van der Waals surface area contributed by atoms with E-state index in [-0.39, 0.29) is 17.8 Å². The van der Waals surface area contributed by atoms with Crippen molar-refractivity contribution in [1.29, 1.82) is 0 Å². The lowest BCUT2D eigenvalue weighted by Crippen LogP contribution is -2.40. The first kappa shape index (κ1) is 18.5. The highest BCUT2D eigenvalue weighted by atomic mass is 19.1. The van der Waals surface area contributed by atoms with Crippen molar-refractivity contribution in [1.82, 2.24) is 24.2 Å². The van der Waals surface area contributed by atoms with Crippen molar-refractivity contribution in [2.75, 3.05) is 13.1 Å². The van der Waals surface area contributed by atoms with Gasteiger partial charge < -0.3 is 9.47 Å². The zero-order valence-corrected chi connectivity index (χ0v) is 16.5. The third-order valence-corrected chi connectivity index (χ3v) is 5.88. The van der Waals surface area contributed by atoms with Gasteiger partial charge in [0.05, 0.1) is 12.6 Å². The standard InChI is InChI=1S/C23H22FN5O/c24-20-7-3-1-6-18(20)14-28-21-8-4-2-5-17(21)13-22(28)23(30)27-11-9-19(10-12-27)29-16-25-15-26-29/h1-8,13,15-16,19H,9-12,14H2. The number of para-hydroxylation sites is 1. The molecule has 30 heavy (non-hydrogen) atoms. The highest BCUT2D eigenvalue weighted by Crippen LogP contribution is 2.26. The maximum absolute atomic E-state index is 14.3. The normalized spacial score (nSPS) is 15.0. The molecular weight excluding hydrogens is 381 g/mol. The van der Waals surface area contributed by atoms with Gasteiger partial charge in [-0.2, -0.15) is 5.10 Å².